The van der Waals surface area contributed by atoms with Gasteiger partial charge in [0, 0.05) is 31.6 Å². The first-order valence-electron chi connectivity index (χ1n) is 8.59. The molecule has 0 spiro atoms. The molecule has 2 aliphatic heterocycles. The van der Waals surface area contributed by atoms with E-state index in [1.807, 2.05) is 60.9 Å². The number of carbonyl (C=O) groups is 2. The molecule has 2 aliphatic rings. The Kier molecular flexibility index (Phi) is 4.63. The summed E-state index contributed by atoms with van der Waals surface area (Å²) in [6, 6.07) is 10.0. The Labute approximate surface area is 143 Å². The lowest BCUT2D eigenvalue weighted by atomic mass is 10.0. The van der Waals surface area contributed by atoms with Gasteiger partial charge in [0.15, 0.2) is 0 Å². The predicted molar refractivity (Wildman–Crippen MR) is 91.2 cm³/mol. The van der Waals surface area contributed by atoms with Crippen LogP contribution in [0.25, 0.3) is 0 Å². The van der Waals surface area contributed by atoms with E-state index in [1.165, 1.54) is 0 Å². The lowest BCUT2D eigenvalue weighted by Gasteiger charge is -2.40. The number of benzene rings is 1. The molecule has 5 nitrogen and oxygen atoms in total. The van der Waals surface area contributed by atoms with Crippen LogP contribution in [-0.4, -0.2) is 52.9 Å². The Hall–Kier alpha value is -1.88. The second-order valence-corrected chi connectivity index (χ2v) is 7.74. The van der Waals surface area contributed by atoms with E-state index in [2.05, 4.69) is 0 Å². The number of hydrogen-bond donors (Lipinski definition) is 0. The van der Waals surface area contributed by atoms with Crippen LogP contribution in [0.3, 0.4) is 0 Å². The van der Waals surface area contributed by atoms with Crippen LogP contribution >= 0.6 is 0 Å². The smallest absolute Gasteiger partial charge is 0.228 e. The zero-order chi connectivity index (χ0) is 17.3. The van der Waals surface area contributed by atoms with E-state index in [0.29, 0.717) is 32.7 Å². The zero-order valence-electron chi connectivity index (χ0n) is 14.7. The van der Waals surface area contributed by atoms with Crippen molar-refractivity contribution in [1.29, 1.82) is 0 Å². The molecular formula is C19H26N2O3. The van der Waals surface area contributed by atoms with Gasteiger partial charge in [0.2, 0.25) is 11.8 Å². The standard InChI is InChI=1S/C19H26N2O3/c1-19(2,3)21-10-15(9-17(21)22)18(23)20-11-16(12-20)24-13-14-7-5-4-6-8-14/h4-8,15-16H,9-13H2,1-3H3. The maximum atomic E-state index is 12.6. The predicted octanol–water partition coefficient (Wildman–Crippen LogP) is 2.06. The van der Waals surface area contributed by atoms with Gasteiger partial charge in [-0.05, 0) is 26.3 Å². The third-order valence-electron chi connectivity index (χ3n) is 4.77. The molecule has 0 aromatic heterocycles. The summed E-state index contributed by atoms with van der Waals surface area (Å²) in [7, 11) is 0. The fourth-order valence-corrected chi connectivity index (χ4v) is 3.29. The second kappa shape index (κ2) is 6.55. The maximum absolute atomic E-state index is 12.6. The van der Waals surface area contributed by atoms with Gasteiger partial charge in [-0.15, -0.1) is 0 Å². The van der Waals surface area contributed by atoms with Gasteiger partial charge in [-0.3, -0.25) is 9.59 Å². The van der Waals surface area contributed by atoms with Crippen molar-refractivity contribution in [3.63, 3.8) is 0 Å². The first kappa shape index (κ1) is 17.0. The number of hydrogen-bond acceptors (Lipinski definition) is 3. The van der Waals surface area contributed by atoms with Gasteiger partial charge in [-0.2, -0.15) is 0 Å². The first-order valence-corrected chi connectivity index (χ1v) is 8.59. The molecule has 0 radical (unpaired) electrons. The summed E-state index contributed by atoms with van der Waals surface area (Å²) >= 11 is 0. The minimum absolute atomic E-state index is 0.0817. The van der Waals surface area contributed by atoms with Crippen molar-refractivity contribution in [2.75, 3.05) is 19.6 Å². The maximum Gasteiger partial charge on any atom is 0.228 e. The molecule has 2 saturated heterocycles. The van der Waals surface area contributed by atoms with Crippen LogP contribution in [0.15, 0.2) is 30.3 Å². The monoisotopic (exact) mass is 330 g/mol. The summed E-state index contributed by atoms with van der Waals surface area (Å²) in [5.74, 6) is -0.0280. The lowest BCUT2D eigenvalue weighted by molar-refractivity contribution is -0.150. The largest absolute Gasteiger partial charge is 0.370 e. The molecule has 2 heterocycles. The summed E-state index contributed by atoms with van der Waals surface area (Å²) in [4.78, 5) is 28.3. The van der Waals surface area contributed by atoms with Crippen molar-refractivity contribution < 1.29 is 14.3 Å². The van der Waals surface area contributed by atoms with E-state index >= 15 is 0 Å². The number of nitrogens with zero attached hydrogens (tertiary/aromatic N) is 2. The Morgan fingerprint density at radius 3 is 2.42 bits per heavy atom. The van der Waals surface area contributed by atoms with Crippen LogP contribution in [0.5, 0.6) is 0 Å². The molecule has 0 saturated carbocycles. The van der Waals surface area contributed by atoms with Gasteiger partial charge >= 0.3 is 0 Å². The fourth-order valence-electron chi connectivity index (χ4n) is 3.29. The third kappa shape index (κ3) is 3.61. The molecule has 1 atom stereocenters. The van der Waals surface area contributed by atoms with Crippen molar-refractivity contribution in [2.24, 2.45) is 5.92 Å². The van der Waals surface area contributed by atoms with Crippen LogP contribution in [0.4, 0.5) is 0 Å². The normalized spacial score (nSPS) is 22.0. The third-order valence-corrected chi connectivity index (χ3v) is 4.77. The summed E-state index contributed by atoms with van der Waals surface area (Å²) in [6.07, 6.45) is 0.437. The quantitative estimate of drug-likeness (QED) is 0.849. The molecule has 0 N–H and O–H groups in total. The summed E-state index contributed by atoms with van der Waals surface area (Å²) < 4.78 is 5.83. The summed E-state index contributed by atoms with van der Waals surface area (Å²) in [5, 5.41) is 0. The molecular weight excluding hydrogens is 304 g/mol. The molecule has 3 rings (SSSR count). The van der Waals surface area contributed by atoms with Gasteiger partial charge in [0.25, 0.3) is 0 Å². The number of carbonyl (C=O) groups excluding carboxylic acids is 2. The van der Waals surface area contributed by atoms with Gasteiger partial charge in [-0.1, -0.05) is 30.3 Å². The Morgan fingerprint density at radius 2 is 1.83 bits per heavy atom. The van der Waals surface area contributed by atoms with Crippen LogP contribution in [0.1, 0.15) is 32.8 Å². The number of amides is 2. The highest BCUT2D eigenvalue weighted by Crippen LogP contribution is 2.28. The summed E-state index contributed by atoms with van der Waals surface area (Å²) in [6.45, 7) is 8.40. The molecule has 0 bridgehead atoms. The first-order chi connectivity index (χ1) is 11.3. The van der Waals surface area contributed by atoms with Crippen molar-refractivity contribution in [2.45, 2.75) is 45.4 Å². The molecule has 1 aromatic carbocycles. The minimum atomic E-state index is -0.220. The van der Waals surface area contributed by atoms with E-state index in [0.717, 1.165) is 5.56 Å². The molecule has 2 fully saturated rings. The van der Waals surface area contributed by atoms with Crippen molar-refractivity contribution >= 4 is 11.8 Å². The highest BCUT2D eigenvalue weighted by atomic mass is 16.5. The molecule has 1 aromatic rings. The summed E-state index contributed by atoms with van der Waals surface area (Å²) in [5.41, 5.74) is 0.923. The van der Waals surface area contributed by atoms with Gasteiger partial charge < -0.3 is 14.5 Å². The van der Waals surface area contributed by atoms with E-state index in [9.17, 15) is 9.59 Å². The van der Waals surface area contributed by atoms with Gasteiger partial charge in [-0.25, -0.2) is 0 Å². The van der Waals surface area contributed by atoms with Crippen molar-refractivity contribution in [3.8, 4) is 0 Å². The highest BCUT2D eigenvalue weighted by molar-refractivity contribution is 5.90. The Balaban J connectivity index is 1.45. The Bertz CT molecular complexity index is 603. The number of rotatable bonds is 4. The van der Waals surface area contributed by atoms with E-state index in [1.54, 1.807) is 0 Å². The average molecular weight is 330 g/mol. The van der Waals surface area contributed by atoms with Crippen molar-refractivity contribution in [1.82, 2.24) is 9.80 Å². The van der Waals surface area contributed by atoms with Crippen molar-refractivity contribution in [3.05, 3.63) is 35.9 Å². The van der Waals surface area contributed by atoms with E-state index < -0.39 is 0 Å². The topological polar surface area (TPSA) is 49.9 Å². The molecule has 24 heavy (non-hydrogen) atoms. The highest BCUT2D eigenvalue weighted by Gasteiger charge is 2.43. The van der Waals surface area contributed by atoms with Gasteiger partial charge in [0.05, 0.1) is 18.6 Å². The molecule has 130 valence electrons. The number of ether oxygens (including phenoxy) is 1. The van der Waals surface area contributed by atoms with Crippen LogP contribution < -0.4 is 0 Å². The average Bonchev–Trinajstić information content (AvgIpc) is 2.88. The Morgan fingerprint density at radius 1 is 1.17 bits per heavy atom. The molecule has 2 amide bonds. The zero-order valence-corrected chi connectivity index (χ0v) is 14.7. The SMILES string of the molecule is CC(C)(C)N1CC(C(=O)N2CC(OCc3ccccc3)C2)CC1=O. The minimum Gasteiger partial charge on any atom is -0.370 e. The van der Waals surface area contributed by atoms with E-state index in [4.69, 9.17) is 4.74 Å². The molecule has 0 aliphatic carbocycles. The molecule has 1 unspecified atom stereocenters. The van der Waals surface area contributed by atoms with Crippen LogP contribution in [0, 0.1) is 5.92 Å². The fraction of sp³-hybridized carbons (Fsp3) is 0.579. The van der Waals surface area contributed by atoms with Crippen LogP contribution in [0.2, 0.25) is 0 Å². The van der Waals surface area contributed by atoms with Gasteiger partial charge in [0.1, 0.15) is 0 Å². The second-order valence-electron chi connectivity index (χ2n) is 7.74. The van der Waals surface area contributed by atoms with E-state index in [-0.39, 0.29) is 29.4 Å². The number of likely N-dealkylation sites (tertiary alicyclic amines) is 2. The molecule has 5 heteroatoms. The van der Waals surface area contributed by atoms with Crippen LogP contribution in [-0.2, 0) is 20.9 Å². The lowest BCUT2D eigenvalue weighted by Crippen LogP contribution is -2.56.